The van der Waals surface area contributed by atoms with Crippen molar-refractivity contribution >= 4 is 15.9 Å². The Balaban J connectivity index is 3.02. The van der Waals surface area contributed by atoms with E-state index in [2.05, 4.69) is 15.9 Å². The van der Waals surface area contributed by atoms with Crippen molar-refractivity contribution in [1.82, 2.24) is 0 Å². The summed E-state index contributed by atoms with van der Waals surface area (Å²) in [4.78, 5) is 0. The fourth-order valence-electron chi connectivity index (χ4n) is 0.919. The molecule has 60 valence electrons. The Labute approximate surface area is 74.6 Å². The quantitative estimate of drug-likeness (QED) is 0.580. The molecular weight excluding hydrogens is 207 g/mol. The maximum Gasteiger partial charge on any atom is 0.124 e. The second kappa shape index (κ2) is 2.94. The van der Waals surface area contributed by atoms with E-state index in [0.29, 0.717) is 0 Å². The lowest BCUT2D eigenvalue weighted by atomic mass is 9.93. The lowest BCUT2D eigenvalue weighted by Gasteiger charge is -2.12. The number of allylic oxidation sites excluding steroid dienone is 6. The van der Waals surface area contributed by atoms with Crippen LogP contribution in [0.15, 0.2) is 34.6 Å². The van der Waals surface area contributed by atoms with Gasteiger partial charge in [0.2, 0.25) is 0 Å². The summed E-state index contributed by atoms with van der Waals surface area (Å²) in [6.45, 7) is 4.05. The first-order valence-electron chi connectivity index (χ1n) is 3.44. The molecule has 0 aliphatic heterocycles. The van der Waals surface area contributed by atoms with Gasteiger partial charge in [-0.25, -0.2) is 4.39 Å². The highest BCUT2D eigenvalue weighted by Gasteiger charge is 2.12. The van der Waals surface area contributed by atoms with Gasteiger partial charge in [0.1, 0.15) is 5.83 Å². The SMILES string of the molecule is CC1(C)C=CC(F)=CC(Br)=C1. The number of halogens is 2. The Bertz CT molecular complexity index is 246. The third kappa shape index (κ3) is 2.62. The molecule has 0 heterocycles. The standard InChI is InChI=1S/C9H10BrF/c1-9(2)4-3-8(11)5-7(10)6-9/h3-6H,1-2H3. The van der Waals surface area contributed by atoms with Gasteiger partial charge >= 0.3 is 0 Å². The van der Waals surface area contributed by atoms with E-state index in [1.165, 1.54) is 12.2 Å². The lowest BCUT2D eigenvalue weighted by molar-refractivity contribution is 0.619. The van der Waals surface area contributed by atoms with E-state index in [-0.39, 0.29) is 11.2 Å². The van der Waals surface area contributed by atoms with E-state index in [9.17, 15) is 4.39 Å². The zero-order chi connectivity index (χ0) is 8.48. The molecule has 0 aromatic rings. The molecule has 1 aliphatic rings. The van der Waals surface area contributed by atoms with E-state index >= 15 is 0 Å². The molecular formula is C9H10BrF. The molecule has 2 heteroatoms. The molecule has 0 atom stereocenters. The molecule has 0 saturated carbocycles. The minimum absolute atomic E-state index is 0.0663. The van der Waals surface area contributed by atoms with Crippen molar-refractivity contribution in [3.05, 3.63) is 34.6 Å². The zero-order valence-corrected chi connectivity index (χ0v) is 8.15. The van der Waals surface area contributed by atoms with E-state index < -0.39 is 0 Å². The number of hydrogen-bond donors (Lipinski definition) is 0. The maximum atomic E-state index is 12.7. The zero-order valence-electron chi connectivity index (χ0n) is 6.57. The Hall–Kier alpha value is -0.370. The van der Waals surface area contributed by atoms with Gasteiger partial charge in [-0.1, -0.05) is 41.9 Å². The molecule has 0 bridgehead atoms. The Morgan fingerprint density at radius 1 is 1.45 bits per heavy atom. The lowest BCUT2D eigenvalue weighted by Crippen LogP contribution is -2.01. The van der Waals surface area contributed by atoms with Crippen molar-refractivity contribution in [3.8, 4) is 0 Å². The van der Waals surface area contributed by atoms with Gasteiger partial charge in [-0.05, 0) is 12.2 Å². The highest BCUT2D eigenvalue weighted by Crippen LogP contribution is 2.28. The second-order valence-corrected chi connectivity index (χ2v) is 4.13. The van der Waals surface area contributed by atoms with Gasteiger partial charge in [-0.15, -0.1) is 0 Å². The van der Waals surface area contributed by atoms with Gasteiger partial charge in [0, 0.05) is 9.90 Å². The van der Waals surface area contributed by atoms with Gasteiger partial charge in [0.15, 0.2) is 0 Å². The summed E-state index contributed by atoms with van der Waals surface area (Å²) in [7, 11) is 0. The monoisotopic (exact) mass is 216 g/mol. The molecule has 1 rings (SSSR count). The van der Waals surface area contributed by atoms with Crippen LogP contribution in [0.4, 0.5) is 4.39 Å². The van der Waals surface area contributed by atoms with E-state index in [4.69, 9.17) is 0 Å². The molecule has 0 radical (unpaired) electrons. The van der Waals surface area contributed by atoms with E-state index in [0.717, 1.165) is 4.48 Å². The molecule has 0 aromatic carbocycles. The van der Waals surface area contributed by atoms with Gasteiger partial charge in [-0.2, -0.15) is 0 Å². The minimum atomic E-state index is -0.210. The number of hydrogen-bond acceptors (Lipinski definition) is 0. The third-order valence-corrected chi connectivity index (χ3v) is 1.92. The summed E-state index contributed by atoms with van der Waals surface area (Å²) in [6.07, 6.45) is 6.76. The van der Waals surface area contributed by atoms with Crippen LogP contribution in [0.1, 0.15) is 13.8 Å². The average Bonchev–Trinajstić information content (AvgIpc) is 1.90. The normalized spacial score (nSPS) is 22.2. The predicted octanol–water partition coefficient (Wildman–Crippen LogP) is 3.71. The summed E-state index contributed by atoms with van der Waals surface area (Å²) in [5.41, 5.74) is -0.0663. The maximum absolute atomic E-state index is 12.7. The predicted molar refractivity (Wildman–Crippen MR) is 49.1 cm³/mol. The smallest absolute Gasteiger partial charge is 0.124 e. The largest absolute Gasteiger partial charge is 0.207 e. The van der Waals surface area contributed by atoms with E-state index in [1.54, 1.807) is 0 Å². The van der Waals surface area contributed by atoms with Crippen LogP contribution in [0.25, 0.3) is 0 Å². The second-order valence-electron chi connectivity index (χ2n) is 3.21. The van der Waals surface area contributed by atoms with Gasteiger partial charge in [0.25, 0.3) is 0 Å². The van der Waals surface area contributed by atoms with E-state index in [1.807, 2.05) is 26.0 Å². The Morgan fingerprint density at radius 3 is 2.73 bits per heavy atom. The fraction of sp³-hybridized carbons (Fsp3) is 0.333. The van der Waals surface area contributed by atoms with Crippen LogP contribution in [-0.2, 0) is 0 Å². The van der Waals surface area contributed by atoms with Crippen LogP contribution in [-0.4, -0.2) is 0 Å². The van der Waals surface area contributed by atoms with Crippen LogP contribution in [0.2, 0.25) is 0 Å². The van der Waals surface area contributed by atoms with Crippen LogP contribution in [0.3, 0.4) is 0 Å². The Morgan fingerprint density at radius 2 is 2.09 bits per heavy atom. The molecule has 11 heavy (non-hydrogen) atoms. The molecule has 1 aliphatic carbocycles. The first-order valence-corrected chi connectivity index (χ1v) is 4.24. The summed E-state index contributed by atoms with van der Waals surface area (Å²) in [5.74, 6) is -0.210. The van der Waals surface area contributed by atoms with Crippen molar-refractivity contribution in [3.63, 3.8) is 0 Å². The molecule has 0 nitrogen and oxygen atoms in total. The van der Waals surface area contributed by atoms with Crippen LogP contribution in [0, 0.1) is 5.41 Å². The molecule has 0 saturated heterocycles. The van der Waals surface area contributed by atoms with Gasteiger partial charge in [-0.3, -0.25) is 0 Å². The van der Waals surface area contributed by atoms with Crippen molar-refractivity contribution in [2.45, 2.75) is 13.8 Å². The number of rotatable bonds is 0. The minimum Gasteiger partial charge on any atom is -0.207 e. The molecule has 0 unspecified atom stereocenters. The van der Waals surface area contributed by atoms with Crippen molar-refractivity contribution in [1.29, 1.82) is 0 Å². The molecule has 0 amide bonds. The summed E-state index contributed by atoms with van der Waals surface area (Å²) in [6, 6.07) is 0. The molecule has 0 N–H and O–H groups in total. The van der Waals surface area contributed by atoms with Gasteiger partial charge < -0.3 is 0 Å². The third-order valence-electron chi connectivity index (χ3n) is 1.46. The summed E-state index contributed by atoms with van der Waals surface area (Å²) in [5, 5.41) is 0. The first-order chi connectivity index (χ1) is 4.99. The average molecular weight is 217 g/mol. The highest BCUT2D eigenvalue weighted by atomic mass is 79.9. The Kier molecular flexibility index (Phi) is 2.33. The first kappa shape index (κ1) is 8.72. The summed E-state index contributed by atoms with van der Waals surface area (Å²) < 4.78 is 13.5. The molecule has 0 aromatic heterocycles. The van der Waals surface area contributed by atoms with Crippen molar-refractivity contribution in [2.24, 2.45) is 5.41 Å². The molecule has 0 spiro atoms. The fourth-order valence-corrected chi connectivity index (χ4v) is 1.73. The van der Waals surface area contributed by atoms with Crippen LogP contribution >= 0.6 is 15.9 Å². The highest BCUT2D eigenvalue weighted by molar-refractivity contribution is 9.11. The van der Waals surface area contributed by atoms with Crippen LogP contribution < -0.4 is 0 Å². The topological polar surface area (TPSA) is 0 Å². The van der Waals surface area contributed by atoms with Gasteiger partial charge in [0.05, 0.1) is 0 Å². The van der Waals surface area contributed by atoms with Crippen molar-refractivity contribution < 1.29 is 4.39 Å². The van der Waals surface area contributed by atoms with Crippen LogP contribution in [0.5, 0.6) is 0 Å². The van der Waals surface area contributed by atoms with Crippen molar-refractivity contribution in [2.75, 3.05) is 0 Å². The molecule has 0 fully saturated rings. The summed E-state index contributed by atoms with van der Waals surface area (Å²) >= 11 is 3.26.